The van der Waals surface area contributed by atoms with Gasteiger partial charge in [-0.2, -0.15) is 5.26 Å². The van der Waals surface area contributed by atoms with Crippen LogP contribution in [0.25, 0.3) is 0 Å². The number of nitrogens with zero attached hydrogens (tertiary/aromatic N) is 4. The lowest BCUT2D eigenvalue weighted by Crippen LogP contribution is -2.45. The molecule has 0 spiro atoms. The molecule has 0 bridgehead atoms. The third kappa shape index (κ3) is 5.04. The molecule has 1 aromatic heterocycles. The summed E-state index contributed by atoms with van der Waals surface area (Å²) in [5, 5.41) is 9.44. The Morgan fingerprint density at radius 3 is 2.72 bits per heavy atom. The van der Waals surface area contributed by atoms with E-state index < -0.39 is 0 Å². The van der Waals surface area contributed by atoms with Crippen LogP contribution >= 0.6 is 0 Å². The number of piperidine rings is 1. The molecule has 1 aliphatic rings. The van der Waals surface area contributed by atoms with Gasteiger partial charge in [0.15, 0.2) is 0 Å². The van der Waals surface area contributed by atoms with Gasteiger partial charge in [-0.1, -0.05) is 30.0 Å². The first-order valence-electron chi connectivity index (χ1n) is 9.90. The fourth-order valence-corrected chi connectivity index (χ4v) is 3.35. The van der Waals surface area contributed by atoms with Crippen molar-refractivity contribution in [3.05, 3.63) is 57.5 Å². The Labute approximate surface area is 172 Å². The Kier molecular flexibility index (Phi) is 6.06. The molecule has 29 heavy (non-hydrogen) atoms. The van der Waals surface area contributed by atoms with Crippen LogP contribution in [0.15, 0.2) is 35.3 Å². The molecule has 2 N–H and O–H groups in total. The van der Waals surface area contributed by atoms with E-state index in [1.54, 1.807) is 16.8 Å². The smallest absolute Gasteiger partial charge is 0.270 e. The topological polar surface area (TPSA) is 87.9 Å². The summed E-state index contributed by atoms with van der Waals surface area (Å²) >= 11 is 0. The molecular weight excluding hydrogens is 362 g/mol. The van der Waals surface area contributed by atoms with Crippen molar-refractivity contribution in [2.75, 3.05) is 18.0 Å². The zero-order valence-corrected chi connectivity index (χ0v) is 17.3. The molecule has 0 amide bonds. The Morgan fingerprint density at radius 1 is 1.28 bits per heavy atom. The third-order valence-electron chi connectivity index (χ3n) is 4.81. The molecule has 150 valence electrons. The van der Waals surface area contributed by atoms with Gasteiger partial charge >= 0.3 is 0 Å². The number of rotatable bonds is 3. The largest absolute Gasteiger partial charge is 0.341 e. The predicted octanol–water partition coefficient (Wildman–Crippen LogP) is 2.49. The van der Waals surface area contributed by atoms with Gasteiger partial charge in [-0.05, 0) is 45.2 Å². The van der Waals surface area contributed by atoms with Crippen molar-refractivity contribution in [1.82, 2.24) is 9.55 Å². The number of nitrogens with two attached hydrogens (primary N) is 1. The molecule has 1 aliphatic heterocycles. The quantitative estimate of drug-likeness (QED) is 0.815. The van der Waals surface area contributed by atoms with E-state index >= 15 is 0 Å². The maximum atomic E-state index is 13.3. The Hall–Kier alpha value is -3.09. The van der Waals surface area contributed by atoms with Crippen molar-refractivity contribution in [3.8, 4) is 17.9 Å². The second-order valence-electron chi connectivity index (χ2n) is 8.48. The average Bonchev–Trinajstić information content (AvgIpc) is 2.68. The summed E-state index contributed by atoms with van der Waals surface area (Å²) in [7, 11) is 0. The lowest BCUT2D eigenvalue weighted by Gasteiger charge is -2.33. The maximum absolute atomic E-state index is 13.3. The molecule has 0 saturated carbocycles. The van der Waals surface area contributed by atoms with E-state index in [1.807, 2.05) is 39.0 Å². The van der Waals surface area contributed by atoms with Gasteiger partial charge in [0.25, 0.3) is 5.56 Å². The van der Waals surface area contributed by atoms with E-state index in [-0.39, 0.29) is 23.6 Å². The molecule has 1 atom stereocenters. The highest BCUT2D eigenvalue weighted by atomic mass is 16.1. The van der Waals surface area contributed by atoms with E-state index in [9.17, 15) is 10.1 Å². The minimum atomic E-state index is -0.219. The second kappa shape index (κ2) is 8.51. The molecule has 1 saturated heterocycles. The van der Waals surface area contributed by atoms with Gasteiger partial charge in [-0.25, -0.2) is 4.98 Å². The van der Waals surface area contributed by atoms with E-state index in [1.165, 1.54) is 0 Å². The van der Waals surface area contributed by atoms with Gasteiger partial charge in [-0.3, -0.25) is 9.36 Å². The summed E-state index contributed by atoms with van der Waals surface area (Å²) < 4.78 is 1.63. The SMILES string of the molecule is CC(C)(C)C#Cc1cnc(N2CCCC(N)C2)n(Cc2ccccc2C#N)c1=O. The van der Waals surface area contributed by atoms with Crippen molar-refractivity contribution in [2.24, 2.45) is 11.1 Å². The van der Waals surface area contributed by atoms with Crippen LogP contribution < -0.4 is 16.2 Å². The summed E-state index contributed by atoms with van der Waals surface area (Å²) in [6.45, 7) is 7.71. The lowest BCUT2D eigenvalue weighted by molar-refractivity contribution is 0.490. The first-order valence-corrected chi connectivity index (χ1v) is 9.90. The van der Waals surface area contributed by atoms with Crippen LogP contribution in [-0.4, -0.2) is 28.7 Å². The van der Waals surface area contributed by atoms with Crippen LogP contribution in [0.4, 0.5) is 5.95 Å². The highest BCUT2D eigenvalue weighted by Gasteiger charge is 2.22. The number of hydrogen-bond acceptors (Lipinski definition) is 5. The van der Waals surface area contributed by atoms with E-state index in [4.69, 9.17) is 5.73 Å². The standard InChI is InChI=1S/C23H27N5O/c1-23(2,3)11-10-18-14-26-22(27-12-6-9-20(25)16-27)28(21(18)29)15-19-8-5-4-7-17(19)13-24/h4-5,7-8,14,20H,6,9,12,15-16,25H2,1-3H3. The first kappa shape index (κ1) is 20.6. The number of nitriles is 1. The molecule has 2 heterocycles. The summed E-state index contributed by atoms with van der Waals surface area (Å²) in [4.78, 5) is 20.0. The Morgan fingerprint density at radius 2 is 2.03 bits per heavy atom. The third-order valence-corrected chi connectivity index (χ3v) is 4.81. The van der Waals surface area contributed by atoms with Crippen LogP contribution in [0.5, 0.6) is 0 Å². The summed E-state index contributed by atoms with van der Waals surface area (Å²) in [6, 6.07) is 9.57. The van der Waals surface area contributed by atoms with Crippen LogP contribution in [0.1, 0.15) is 50.3 Å². The Bertz CT molecular complexity index is 1050. The van der Waals surface area contributed by atoms with Crippen molar-refractivity contribution in [3.63, 3.8) is 0 Å². The van der Waals surface area contributed by atoms with Gasteiger partial charge in [0.1, 0.15) is 5.56 Å². The molecule has 0 aliphatic carbocycles. The zero-order chi connectivity index (χ0) is 21.0. The predicted molar refractivity (Wildman–Crippen MR) is 115 cm³/mol. The summed E-state index contributed by atoms with van der Waals surface area (Å²) in [5.74, 6) is 6.68. The number of aromatic nitrogens is 2. The first-order chi connectivity index (χ1) is 13.8. The number of hydrogen-bond donors (Lipinski definition) is 1. The normalized spacial score (nSPS) is 16.7. The molecular formula is C23H27N5O. The van der Waals surface area contributed by atoms with Gasteiger partial charge in [0, 0.05) is 24.5 Å². The molecule has 6 heteroatoms. The zero-order valence-electron chi connectivity index (χ0n) is 17.3. The maximum Gasteiger partial charge on any atom is 0.270 e. The monoisotopic (exact) mass is 389 g/mol. The lowest BCUT2D eigenvalue weighted by atomic mass is 9.98. The van der Waals surface area contributed by atoms with Crippen molar-refractivity contribution < 1.29 is 0 Å². The van der Waals surface area contributed by atoms with Crippen molar-refractivity contribution >= 4 is 5.95 Å². The molecule has 0 radical (unpaired) electrons. The highest BCUT2D eigenvalue weighted by Crippen LogP contribution is 2.19. The van der Waals surface area contributed by atoms with E-state index in [0.29, 0.717) is 23.6 Å². The van der Waals surface area contributed by atoms with Gasteiger partial charge < -0.3 is 10.6 Å². The van der Waals surface area contributed by atoms with Crippen molar-refractivity contribution in [2.45, 2.75) is 46.2 Å². The van der Waals surface area contributed by atoms with Crippen LogP contribution in [0, 0.1) is 28.6 Å². The molecule has 1 unspecified atom stereocenters. The van der Waals surface area contributed by atoms with Gasteiger partial charge in [0.05, 0.1) is 24.4 Å². The minimum Gasteiger partial charge on any atom is -0.341 e. The summed E-state index contributed by atoms with van der Waals surface area (Å²) in [6.07, 6.45) is 3.48. The summed E-state index contributed by atoms with van der Waals surface area (Å²) in [5.41, 5.74) is 7.43. The van der Waals surface area contributed by atoms with E-state index in [2.05, 4.69) is 27.8 Å². The van der Waals surface area contributed by atoms with Gasteiger partial charge in [-0.15, -0.1) is 0 Å². The van der Waals surface area contributed by atoms with Crippen LogP contribution in [0.3, 0.4) is 0 Å². The highest BCUT2D eigenvalue weighted by molar-refractivity contribution is 5.42. The molecule has 6 nitrogen and oxygen atoms in total. The fraction of sp³-hybridized carbons (Fsp3) is 0.435. The number of anilines is 1. The molecule has 1 aromatic carbocycles. The number of benzene rings is 1. The van der Waals surface area contributed by atoms with Crippen molar-refractivity contribution in [1.29, 1.82) is 5.26 Å². The van der Waals surface area contributed by atoms with Crippen LogP contribution in [0.2, 0.25) is 0 Å². The minimum absolute atomic E-state index is 0.0563. The van der Waals surface area contributed by atoms with Crippen LogP contribution in [-0.2, 0) is 6.54 Å². The van der Waals surface area contributed by atoms with E-state index in [0.717, 1.165) is 24.9 Å². The average molecular weight is 390 g/mol. The van der Waals surface area contributed by atoms with Gasteiger partial charge in [0.2, 0.25) is 5.95 Å². The fourth-order valence-electron chi connectivity index (χ4n) is 3.35. The Balaban J connectivity index is 2.11. The molecule has 2 aromatic rings. The molecule has 1 fully saturated rings. The molecule has 3 rings (SSSR count). The second-order valence-corrected chi connectivity index (χ2v) is 8.48.